The highest BCUT2D eigenvalue weighted by Gasteiger charge is 2.55. The van der Waals surface area contributed by atoms with Gasteiger partial charge in [0.2, 0.25) is 5.91 Å². The van der Waals surface area contributed by atoms with Crippen LogP contribution in [0.25, 0.3) is 10.6 Å². The molecule has 7 heteroatoms. The molecule has 3 heterocycles. The number of carbonyl (C=O) groups is 2. The number of furan rings is 1. The average Bonchev–Trinajstić information content (AvgIpc) is 3.30. The summed E-state index contributed by atoms with van der Waals surface area (Å²) in [7, 11) is 0. The fraction of sp³-hybridized carbons (Fsp3) is 0.471. The molecule has 1 amide bonds. The van der Waals surface area contributed by atoms with Crippen molar-refractivity contribution >= 4 is 23.2 Å². The van der Waals surface area contributed by atoms with E-state index >= 15 is 0 Å². The molecule has 1 saturated heterocycles. The summed E-state index contributed by atoms with van der Waals surface area (Å²) in [4.78, 5) is 30.5. The maximum atomic E-state index is 12.6. The summed E-state index contributed by atoms with van der Waals surface area (Å²) in [5.41, 5.74) is 0.904. The summed E-state index contributed by atoms with van der Waals surface area (Å²) < 4.78 is 5.05. The standard InChI is InChI=1S/C17H18N2O4S/c20-14(6-13-9-24-15(18-13)11-3-5-23-8-11)19-7-12-2-1-4-17(12,10-19)16(21)22/h3,5,8-9,12H,1-2,4,6-7,10H2,(H,21,22)/t12-,17+/m0/s1. The first-order chi connectivity index (χ1) is 11.6. The highest BCUT2D eigenvalue weighted by atomic mass is 32.1. The lowest BCUT2D eigenvalue weighted by Crippen LogP contribution is -2.37. The molecule has 1 saturated carbocycles. The summed E-state index contributed by atoms with van der Waals surface area (Å²) in [5.74, 6) is -0.693. The molecule has 126 valence electrons. The van der Waals surface area contributed by atoms with Crippen LogP contribution >= 0.6 is 11.3 Å². The third kappa shape index (κ3) is 2.43. The van der Waals surface area contributed by atoms with Crippen molar-refractivity contribution in [2.24, 2.45) is 11.3 Å². The lowest BCUT2D eigenvalue weighted by molar-refractivity contribution is -0.149. The smallest absolute Gasteiger partial charge is 0.311 e. The Kier molecular flexibility index (Phi) is 3.68. The quantitative estimate of drug-likeness (QED) is 0.920. The Labute approximate surface area is 143 Å². The largest absolute Gasteiger partial charge is 0.481 e. The van der Waals surface area contributed by atoms with E-state index in [1.807, 2.05) is 11.4 Å². The number of aromatic nitrogens is 1. The van der Waals surface area contributed by atoms with Gasteiger partial charge in [-0.15, -0.1) is 11.3 Å². The van der Waals surface area contributed by atoms with Crippen molar-refractivity contribution < 1.29 is 19.1 Å². The van der Waals surface area contributed by atoms with E-state index in [-0.39, 0.29) is 18.2 Å². The zero-order valence-electron chi connectivity index (χ0n) is 13.1. The normalized spacial score (nSPS) is 25.8. The van der Waals surface area contributed by atoms with Crippen LogP contribution in [0.15, 0.2) is 28.4 Å². The molecule has 0 radical (unpaired) electrons. The molecule has 4 rings (SSSR count). The van der Waals surface area contributed by atoms with Gasteiger partial charge in [0.15, 0.2) is 0 Å². The molecule has 6 nitrogen and oxygen atoms in total. The van der Waals surface area contributed by atoms with E-state index < -0.39 is 11.4 Å². The van der Waals surface area contributed by atoms with Crippen LogP contribution in [0, 0.1) is 11.3 Å². The molecule has 1 aliphatic heterocycles. The van der Waals surface area contributed by atoms with Crippen LogP contribution in [0.2, 0.25) is 0 Å². The molecule has 1 aliphatic carbocycles. The van der Waals surface area contributed by atoms with E-state index in [4.69, 9.17) is 4.42 Å². The van der Waals surface area contributed by atoms with E-state index in [0.717, 1.165) is 29.1 Å². The van der Waals surface area contributed by atoms with Crippen molar-refractivity contribution in [2.45, 2.75) is 25.7 Å². The van der Waals surface area contributed by atoms with E-state index in [9.17, 15) is 14.7 Å². The number of carbonyl (C=O) groups excluding carboxylic acids is 1. The average molecular weight is 346 g/mol. The van der Waals surface area contributed by atoms with E-state index in [0.29, 0.717) is 19.5 Å². The minimum absolute atomic E-state index is 0.0333. The number of carboxylic acids is 1. The van der Waals surface area contributed by atoms with Crippen LogP contribution in [0.1, 0.15) is 25.0 Å². The van der Waals surface area contributed by atoms with Crippen molar-refractivity contribution in [3.8, 4) is 10.6 Å². The van der Waals surface area contributed by atoms with Crippen LogP contribution < -0.4 is 0 Å². The first kappa shape index (κ1) is 15.4. The number of carboxylic acid groups (broad SMARTS) is 1. The van der Waals surface area contributed by atoms with Gasteiger partial charge in [-0.25, -0.2) is 4.98 Å². The van der Waals surface area contributed by atoms with Gasteiger partial charge in [0.1, 0.15) is 11.3 Å². The van der Waals surface area contributed by atoms with Crippen molar-refractivity contribution in [2.75, 3.05) is 13.1 Å². The van der Waals surface area contributed by atoms with Gasteiger partial charge in [-0.05, 0) is 24.8 Å². The van der Waals surface area contributed by atoms with Gasteiger partial charge in [0.05, 0.1) is 23.8 Å². The Morgan fingerprint density at radius 3 is 3.08 bits per heavy atom. The summed E-state index contributed by atoms with van der Waals surface area (Å²) in [6, 6.07) is 1.84. The Bertz CT molecular complexity index is 769. The second-order valence-corrected chi connectivity index (χ2v) is 7.52. The number of amides is 1. The highest BCUT2D eigenvalue weighted by Crippen LogP contribution is 2.48. The Balaban J connectivity index is 1.45. The SMILES string of the molecule is O=C(Cc1csc(-c2ccoc2)n1)N1C[C@@H]2CCC[C@@]2(C(=O)O)C1. The topological polar surface area (TPSA) is 83.6 Å². The van der Waals surface area contributed by atoms with Crippen LogP contribution in [0.5, 0.6) is 0 Å². The monoisotopic (exact) mass is 346 g/mol. The molecule has 2 aromatic rings. The predicted molar refractivity (Wildman–Crippen MR) is 87.5 cm³/mol. The molecule has 1 N–H and O–H groups in total. The highest BCUT2D eigenvalue weighted by molar-refractivity contribution is 7.13. The summed E-state index contributed by atoms with van der Waals surface area (Å²) in [6.45, 7) is 0.897. The Morgan fingerprint density at radius 1 is 1.50 bits per heavy atom. The Hall–Kier alpha value is -2.15. The van der Waals surface area contributed by atoms with Crippen molar-refractivity contribution in [1.29, 1.82) is 0 Å². The molecule has 0 unspecified atom stereocenters. The van der Waals surface area contributed by atoms with E-state index in [1.54, 1.807) is 17.4 Å². The number of rotatable bonds is 4. The van der Waals surface area contributed by atoms with Gasteiger partial charge < -0.3 is 14.4 Å². The molecular weight excluding hydrogens is 328 g/mol. The minimum Gasteiger partial charge on any atom is -0.481 e. The predicted octanol–water partition coefficient (Wildman–Crippen LogP) is 2.66. The van der Waals surface area contributed by atoms with Gasteiger partial charge in [-0.3, -0.25) is 9.59 Å². The number of fused-ring (bicyclic) bond motifs is 1. The minimum atomic E-state index is -0.754. The number of hydrogen-bond donors (Lipinski definition) is 1. The third-order valence-corrected chi connectivity index (χ3v) is 6.24. The van der Waals surface area contributed by atoms with E-state index in [1.165, 1.54) is 11.3 Å². The molecule has 0 aromatic carbocycles. The third-order valence-electron chi connectivity index (χ3n) is 5.30. The lowest BCUT2D eigenvalue weighted by atomic mass is 9.81. The van der Waals surface area contributed by atoms with Crippen molar-refractivity contribution in [3.63, 3.8) is 0 Å². The van der Waals surface area contributed by atoms with Gasteiger partial charge >= 0.3 is 5.97 Å². The maximum absolute atomic E-state index is 12.6. The molecular formula is C17H18N2O4S. The van der Waals surface area contributed by atoms with Gasteiger partial charge in [0.25, 0.3) is 0 Å². The maximum Gasteiger partial charge on any atom is 0.311 e. The molecule has 0 bridgehead atoms. The number of aliphatic carboxylic acids is 1. The van der Waals surface area contributed by atoms with Crippen LogP contribution in [-0.2, 0) is 16.0 Å². The molecule has 2 atom stereocenters. The van der Waals surface area contributed by atoms with Crippen molar-refractivity contribution in [3.05, 3.63) is 29.7 Å². The van der Waals surface area contributed by atoms with Gasteiger partial charge in [-0.1, -0.05) is 6.42 Å². The summed E-state index contributed by atoms with van der Waals surface area (Å²) in [6.07, 6.45) is 5.96. The van der Waals surface area contributed by atoms with Gasteiger partial charge in [0, 0.05) is 24.0 Å². The second kappa shape index (κ2) is 5.73. The number of hydrogen-bond acceptors (Lipinski definition) is 5. The van der Waals surface area contributed by atoms with Gasteiger partial charge in [-0.2, -0.15) is 0 Å². The number of nitrogens with zero attached hydrogens (tertiary/aromatic N) is 2. The first-order valence-electron chi connectivity index (χ1n) is 8.07. The lowest BCUT2D eigenvalue weighted by Gasteiger charge is -2.23. The number of likely N-dealkylation sites (tertiary alicyclic amines) is 1. The van der Waals surface area contributed by atoms with Crippen LogP contribution in [0.3, 0.4) is 0 Å². The van der Waals surface area contributed by atoms with E-state index in [2.05, 4.69) is 4.98 Å². The molecule has 2 fully saturated rings. The van der Waals surface area contributed by atoms with Crippen molar-refractivity contribution in [1.82, 2.24) is 9.88 Å². The molecule has 2 aliphatic rings. The zero-order valence-corrected chi connectivity index (χ0v) is 13.9. The molecule has 0 spiro atoms. The number of thiazole rings is 1. The molecule has 2 aromatic heterocycles. The van der Waals surface area contributed by atoms with Crippen LogP contribution in [0.4, 0.5) is 0 Å². The fourth-order valence-corrected chi connectivity index (χ4v) is 4.81. The zero-order chi connectivity index (χ0) is 16.7. The van der Waals surface area contributed by atoms with Crippen LogP contribution in [-0.4, -0.2) is 40.0 Å². The fourth-order valence-electron chi connectivity index (χ4n) is 4.00. The second-order valence-electron chi connectivity index (χ2n) is 6.66. The summed E-state index contributed by atoms with van der Waals surface area (Å²) >= 11 is 1.48. The molecule has 24 heavy (non-hydrogen) atoms. The first-order valence-corrected chi connectivity index (χ1v) is 8.94. The summed E-state index contributed by atoms with van der Waals surface area (Å²) in [5, 5.41) is 12.3. The Morgan fingerprint density at radius 2 is 2.38 bits per heavy atom.